The highest BCUT2D eigenvalue weighted by Gasteiger charge is 2.05. The molecule has 1 aromatic heterocycles. The van der Waals surface area contributed by atoms with Gasteiger partial charge in [0.05, 0.1) is 3.79 Å². The minimum absolute atomic E-state index is 0.154. The summed E-state index contributed by atoms with van der Waals surface area (Å²) in [5, 5.41) is 10.3. The number of fused-ring (bicyclic) bond motifs is 1. The van der Waals surface area contributed by atoms with Crippen LogP contribution >= 0.6 is 27.3 Å². The van der Waals surface area contributed by atoms with Crippen LogP contribution in [0.25, 0.3) is 10.1 Å². The summed E-state index contributed by atoms with van der Waals surface area (Å²) in [6.45, 7) is 0. The van der Waals surface area contributed by atoms with Gasteiger partial charge in [0.25, 0.3) is 0 Å². The topological polar surface area (TPSA) is 37.3 Å². The number of aromatic hydroxyl groups is 1. The standard InChI is InChI=1S/C9H5BrO2S/c10-9-3-6-7(12)1-5(4-11)2-8(6)13-9/h1-4,12H. The highest BCUT2D eigenvalue weighted by molar-refractivity contribution is 9.11. The number of phenols is 1. The normalized spacial score (nSPS) is 10.5. The molecule has 0 spiro atoms. The second kappa shape index (κ2) is 3.12. The van der Waals surface area contributed by atoms with Gasteiger partial charge in [0.2, 0.25) is 0 Å². The fourth-order valence-corrected chi connectivity index (χ4v) is 2.79. The van der Waals surface area contributed by atoms with Gasteiger partial charge < -0.3 is 5.11 Å². The van der Waals surface area contributed by atoms with Gasteiger partial charge in [-0.25, -0.2) is 0 Å². The van der Waals surface area contributed by atoms with Crippen molar-refractivity contribution >= 4 is 43.6 Å². The maximum Gasteiger partial charge on any atom is 0.150 e. The Morgan fingerprint density at radius 1 is 1.38 bits per heavy atom. The van der Waals surface area contributed by atoms with Gasteiger partial charge in [-0.1, -0.05) is 0 Å². The van der Waals surface area contributed by atoms with E-state index in [0.29, 0.717) is 5.56 Å². The molecule has 0 unspecified atom stereocenters. The molecule has 66 valence electrons. The van der Waals surface area contributed by atoms with E-state index in [0.717, 1.165) is 20.2 Å². The molecule has 0 amide bonds. The fraction of sp³-hybridized carbons (Fsp3) is 0. The number of rotatable bonds is 1. The lowest BCUT2D eigenvalue weighted by atomic mass is 10.2. The molecular formula is C9H5BrO2S. The van der Waals surface area contributed by atoms with Crippen LogP contribution in [0, 0.1) is 0 Å². The quantitative estimate of drug-likeness (QED) is 0.796. The molecule has 0 saturated heterocycles. The van der Waals surface area contributed by atoms with Crippen LogP contribution in [0.4, 0.5) is 0 Å². The summed E-state index contributed by atoms with van der Waals surface area (Å²) in [7, 11) is 0. The molecule has 1 N–H and O–H groups in total. The Balaban J connectivity index is 2.82. The lowest BCUT2D eigenvalue weighted by molar-refractivity contribution is 0.112. The molecule has 1 aromatic carbocycles. The number of carbonyl (C=O) groups is 1. The lowest BCUT2D eigenvalue weighted by Gasteiger charge is -1.95. The molecule has 1 heterocycles. The van der Waals surface area contributed by atoms with Crippen molar-refractivity contribution in [2.24, 2.45) is 0 Å². The Morgan fingerprint density at radius 3 is 2.85 bits per heavy atom. The number of thiophene rings is 1. The number of hydrogen-bond acceptors (Lipinski definition) is 3. The maximum atomic E-state index is 10.5. The predicted octanol–water partition coefficient (Wildman–Crippen LogP) is 3.18. The summed E-state index contributed by atoms with van der Waals surface area (Å²) in [4.78, 5) is 10.5. The number of hydrogen-bond donors (Lipinski definition) is 1. The van der Waals surface area contributed by atoms with E-state index in [1.54, 1.807) is 6.07 Å². The first-order valence-electron chi connectivity index (χ1n) is 3.58. The summed E-state index contributed by atoms with van der Waals surface area (Å²) < 4.78 is 1.86. The Morgan fingerprint density at radius 2 is 2.15 bits per heavy atom. The molecule has 0 aliphatic heterocycles. The van der Waals surface area contributed by atoms with Crippen LogP contribution in [0.5, 0.6) is 5.75 Å². The summed E-state index contributed by atoms with van der Waals surface area (Å²) in [6, 6.07) is 5.07. The van der Waals surface area contributed by atoms with Crippen LogP contribution in [-0.2, 0) is 0 Å². The molecule has 0 fully saturated rings. The molecule has 0 radical (unpaired) electrons. The SMILES string of the molecule is O=Cc1cc(O)c2cc(Br)sc2c1. The molecule has 0 bridgehead atoms. The van der Waals surface area contributed by atoms with Crippen molar-refractivity contribution in [3.8, 4) is 5.75 Å². The summed E-state index contributed by atoms with van der Waals surface area (Å²) in [6.07, 6.45) is 0.729. The molecule has 0 atom stereocenters. The van der Waals surface area contributed by atoms with E-state index in [4.69, 9.17) is 0 Å². The summed E-state index contributed by atoms with van der Waals surface area (Å²) in [5.74, 6) is 0.154. The van der Waals surface area contributed by atoms with Crippen LogP contribution < -0.4 is 0 Å². The van der Waals surface area contributed by atoms with Gasteiger partial charge >= 0.3 is 0 Å². The van der Waals surface area contributed by atoms with Crippen molar-refractivity contribution < 1.29 is 9.90 Å². The number of carbonyl (C=O) groups excluding carboxylic acids is 1. The van der Waals surface area contributed by atoms with Gasteiger partial charge in [0.1, 0.15) is 12.0 Å². The smallest absolute Gasteiger partial charge is 0.150 e. The zero-order valence-corrected chi connectivity index (χ0v) is 8.85. The Bertz CT molecular complexity index is 476. The van der Waals surface area contributed by atoms with Crippen molar-refractivity contribution in [1.82, 2.24) is 0 Å². The lowest BCUT2D eigenvalue weighted by Crippen LogP contribution is -1.77. The van der Waals surface area contributed by atoms with Crippen molar-refractivity contribution in [1.29, 1.82) is 0 Å². The largest absolute Gasteiger partial charge is 0.507 e. The summed E-state index contributed by atoms with van der Waals surface area (Å²) in [5.41, 5.74) is 0.499. The number of halogens is 1. The zero-order valence-electron chi connectivity index (χ0n) is 6.45. The van der Waals surface area contributed by atoms with E-state index >= 15 is 0 Å². The number of benzene rings is 1. The maximum absolute atomic E-state index is 10.5. The third kappa shape index (κ3) is 1.47. The van der Waals surface area contributed by atoms with Gasteiger partial charge in [-0.3, -0.25) is 4.79 Å². The third-order valence-electron chi connectivity index (χ3n) is 1.74. The van der Waals surface area contributed by atoms with Crippen LogP contribution in [-0.4, -0.2) is 11.4 Å². The van der Waals surface area contributed by atoms with Gasteiger partial charge in [-0.15, -0.1) is 11.3 Å². The van der Waals surface area contributed by atoms with Crippen LogP contribution in [0.3, 0.4) is 0 Å². The van der Waals surface area contributed by atoms with Gasteiger partial charge in [0.15, 0.2) is 0 Å². The fourth-order valence-electron chi connectivity index (χ4n) is 1.18. The molecule has 2 aromatic rings. The molecule has 2 rings (SSSR count). The Labute approximate surface area is 86.9 Å². The monoisotopic (exact) mass is 256 g/mol. The first-order valence-corrected chi connectivity index (χ1v) is 5.19. The van der Waals surface area contributed by atoms with Crippen LogP contribution in [0.15, 0.2) is 22.0 Å². The van der Waals surface area contributed by atoms with Gasteiger partial charge in [-0.2, -0.15) is 0 Å². The highest BCUT2D eigenvalue weighted by atomic mass is 79.9. The van der Waals surface area contributed by atoms with Crippen molar-refractivity contribution in [2.45, 2.75) is 0 Å². The van der Waals surface area contributed by atoms with Crippen molar-refractivity contribution in [3.05, 3.63) is 27.5 Å². The molecule has 0 saturated carbocycles. The predicted molar refractivity (Wildman–Crippen MR) is 56.6 cm³/mol. The zero-order chi connectivity index (χ0) is 9.42. The van der Waals surface area contributed by atoms with Gasteiger partial charge in [0, 0.05) is 15.6 Å². The average Bonchev–Trinajstić information content (AvgIpc) is 2.46. The summed E-state index contributed by atoms with van der Waals surface area (Å²) >= 11 is 4.82. The second-order valence-corrected chi connectivity index (χ2v) is 5.08. The average molecular weight is 257 g/mol. The second-order valence-electron chi connectivity index (χ2n) is 2.62. The van der Waals surface area contributed by atoms with Crippen molar-refractivity contribution in [2.75, 3.05) is 0 Å². The molecule has 13 heavy (non-hydrogen) atoms. The van der Waals surface area contributed by atoms with E-state index < -0.39 is 0 Å². The van der Waals surface area contributed by atoms with Crippen LogP contribution in [0.2, 0.25) is 0 Å². The molecular weight excluding hydrogens is 252 g/mol. The van der Waals surface area contributed by atoms with E-state index in [-0.39, 0.29) is 5.75 Å². The van der Waals surface area contributed by atoms with Crippen LogP contribution in [0.1, 0.15) is 10.4 Å². The van der Waals surface area contributed by atoms with E-state index in [9.17, 15) is 9.90 Å². The minimum Gasteiger partial charge on any atom is -0.507 e. The van der Waals surface area contributed by atoms with Gasteiger partial charge in [-0.05, 0) is 34.1 Å². The van der Waals surface area contributed by atoms with Crippen molar-refractivity contribution in [3.63, 3.8) is 0 Å². The third-order valence-corrected chi connectivity index (χ3v) is 3.33. The minimum atomic E-state index is 0.154. The molecule has 0 aliphatic rings. The molecule has 4 heteroatoms. The number of aldehydes is 1. The first kappa shape index (κ1) is 8.72. The molecule has 2 nitrogen and oxygen atoms in total. The van der Waals surface area contributed by atoms with E-state index in [1.807, 2.05) is 6.07 Å². The van der Waals surface area contributed by atoms with E-state index in [2.05, 4.69) is 15.9 Å². The molecule has 0 aliphatic carbocycles. The number of phenolic OH excluding ortho intramolecular Hbond substituents is 1. The Kier molecular flexibility index (Phi) is 2.09. The van der Waals surface area contributed by atoms with E-state index in [1.165, 1.54) is 17.4 Å². The first-order chi connectivity index (χ1) is 6.20. The highest BCUT2D eigenvalue weighted by Crippen LogP contribution is 2.35. The Hall–Kier alpha value is -0.870.